The second kappa shape index (κ2) is 9.25. The molecule has 0 aromatic heterocycles. The average Bonchev–Trinajstić information content (AvgIpc) is 3.02. The van der Waals surface area contributed by atoms with Gasteiger partial charge in [0.25, 0.3) is 0 Å². The van der Waals surface area contributed by atoms with Gasteiger partial charge in [-0.3, -0.25) is 14.4 Å². The van der Waals surface area contributed by atoms with Gasteiger partial charge in [0.05, 0.1) is 20.8 Å². The topological polar surface area (TPSA) is 178 Å². The smallest absolute Gasteiger partial charge is 0.341 e. The summed E-state index contributed by atoms with van der Waals surface area (Å²) in [5.41, 5.74) is 8.58. The minimum Gasteiger partial charge on any atom is -0.469 e. The molecule has 1 aromatic carbocycles. The van der Waals surface area contributed by atoms with Crippen LogP contribution >= 0.6 is 0 Å². The van der Waals surface area contributed by atoms with Crippen molar-refractivity contribution in [2.45, 2.75) is 18.8 Å². The molecule has 0 fully saturated rings. The van der Waals surface area contributed by atoms with Crippen molar-refractivity contribution in [1.82, 2.24) is 0 Å². The summed E-state index contributed by atoms with van der Waals surface area (Å²) in [6, 6.07) is 6.14. The highest BCUT2D eigenvalue weighted by atomic mass is 16.5. The van der Waals surface area contributed by atoms with E-state index in [1.807, 2.05) is 0 Å². The summed E-state index contributed by atoms with van der Waals surface area (Å²) in [4.78, 5) is 65.3. The zero-order valence-electron chi connectivity index (χ0n) is 18.7. The Balaban J connectivity index is 2.47. The number of ether oxygens (including phenoxy) is 4. The van der Waals surface area contributed by atoms with Gasteiger partial charge >= 0.3 is 17.9 Å². The van der Waals surface area contributed by atoms with Crippen LogP contribution in [0.2, 0.25) is 0 Å². The van der Waals surface area contributed by atoms with Gasteiger partial charge in [-0.25, -0.2) is 9.59 Å². The first-order valence-electron chi connectivity index (χ1n) is 10.1. The second-order valence-corrected chi connectivity index (χ2v) is 7.23. The van der Waals surface area contributed by atoms with Crippen molar-refractivity contribution in [3.05, 3.63) is 52.6 Å². The largest absolute Gasteiger partial charge is 0.469 e. The number of para-hydroxylation sites is 1. The molecule has 2 aliphatic rings. The van der Waals surface area contributed by atoms with E-state index in [1.54, 1.807) is 12.1 Å². The highest BCUT2D eigenvalue weighted by Gasteiger charge is 2.64. The lowest BCUT2D eigenvalue weighted by molar-refractivity contribution is -0.142. The van der Waals surface area contributed by atoms with Gasteiger partial charge in [-0.2, -0.15) is 0 Å². The number of esters is 3. The number of carbonyl (C=O) groups excluding carboxylic acids is 5. The van der Waals surface area contributed by atoms with Gasteiger partial charge in [0.1, 0.15) is 35.3 Å². The number of amides is 2. The third kappa shape index (κ3) is 3.62. The molecular weight excluding hydrogens is 450 g/mol. The molecule has 0 saturated carbocycles. The Morgan fingerprint density at radius 1 is 1.06 bits per heavy atom. The van der Waals surface area contributed by atoms with Gasteiger partial charge in [0.2, 0.25) is 17.7 Å². The molecule has 12 heteroatoms. The van der Waals surface area contributed by atoms with Crippen LogP contribution in [-0.2, 0) is 48.3 Å². The minimum absolute atomic E-state index is 0.0845. The minimum atomic E-state index is -2.24. The molecule has 180 valence electrons. The van der Waals surface area contributed by atoms with Crippen molar-refractivity contribution in [3.8, 4) is 0 Å². The van der Waals surface area contributed by atoms with Crippen molar-refractivity contribution in [2.24, 2.45) is 11.5 Å². The van der Waals surface area contributed by atoms with Crippen LogP contribution in [-0.4, -0.2) is 57.1 Å². The summed E-state index contributed by atoms with van der Waals surface area (Å²) in [6.07, 6.45) is -0.606. The predicted octanol–water partition coefficient (Wildman–Crippen LogP) is -0.490. The maximum Gasteiger partial charge on any atom is 0.341 e. The van der Waals surface area contributed by atoms with Crippen LogP contribution in [0.4, 0.5) is 5.69 Å². The fourth-order valence-corrected chi connectivity index (χ4v) is 4.16. The average molecular weight is 473 g/mol. The van der Waals surface area contributed by atoms with E-state index in [0.29, 0.717) is 0 Å². The van der Waals surface area contributed by atoms with E-state index in [9.17, 15) is 24.0 Å². The number of nitrogens with two attached hydrogens (primary N) is 2. The van der Waals surface area contributed by atoms with E-state index in [-0.39, 0.29) is 23.6 Å². The fraction of sp³-hybridized carbons (Fsp3) is 0.318. The molecule has 1 aromatic rings. The number of rotatable bonds is 7. The highest BCUT2D eigenvalue weighted by molar-refractivity contribution is 6.23. The van der Waals surface area contributed by atoms with Crippen LogP contribution in [0.25, 0.3) is 0 Å². The van der Waals surface area contributed by atoms with Crippen molar-refractivity contribution in [2.75, 3.05) is 32.3 Å². The Kier molecular flexibility index (Phi) is 6.61. The van der Waals surface area contributed by atoms with Crippen molar-refractivity contribution < 1.29 is 42.9 Å². The third-order valence-electron chi connectivity index (χ3n) is 5.39. The molecular formula is C22H23N3O9. The van der Waals surface area contributed by atoms with Gasteiger partial charge in [-0.15, -0.1) is 0 Å². The Morgan fingerprint density at radius 3 is 2.32 bits per heavy atom. The summed E-state index contributed by atoms with van der Waals surface area (Å²) in [7, 11) is 2.17. The van der Waals surface area contributed by atoms with Crippen molar-refractivity contribution >= 4 is 35.4 Å². The first kappa shape index (κ1) is 24.3. The molecule has 2 aliphatic heterocycles. The highest BCUT2D eigenvalue weighted by Crippen LogP contribution is 2.54. The number of fused-ring (bicyclic) bond motifs is 2. The molecule has 3 rings (SSSR count). The molecule has 1 spiro atoms. The van der Waals surface area contributed by atoms with Crippen molar-refractivity contribution in [1.29, 1.82) is 0 Å². The maximum absolute atomic E-state index is 14.1. The number of methoxy groups -OCH3 is 2. The summed E-state index contributed by atoms with van der Waals surface area (Å²) in [5, 5.41) is 0. The molecule has 34 heavy (non-hydrogen) atoms. The molecule has 4 N–H and O–H groups in total. The zero-order valence-corrected chi connectivity index (χ0v) is 18.7. The normalized spacial score (nSPS) is 19.0. The summed E-state index contributed by atoms with van der Waals surface area (Å²) >= 11 is 0. The first-order chi connectivity index (χ1) is 16.1. The molecule has 2 heterocycles. The number of anilines is 1. The van der Waals surface area contributed by atoms with Crippen LogP contribution in [0.1, 0.15) is 18.9 Å². The lowest BCUT2D eigenvalue weighted by Crippen LogP contribution is -2.52. The van der Waals surface area contributed by atoms with E-state index >= 15 is 0 Å². The van der Waals surface area contributed by atoms with Crippen LogP contribution < -0.4 is 16.4 Å². The van der Waals surface area contributed by atoms with Gasteiger partial charge in [0.15, 0.2) is 0 Å². The fourth-order valence-electron chi connectivity index (χ4n) is 4.16. The molecule has 0 aliphatic carbocycles. The third-order valence-corrected chi connectivity index (χ3v) is 5.39. The number of hydrogen-bond donors (Lipinski definition) is 2. The number of hydrogen-bond acceptors (Lipinski definition) is 10. The van der Waals surface area contributed by atoms with E-state index in [2.05, 4.69) is 4.74 Å². The number of benzene rings is 1. The lowest BCUT2D eigenvalue weighted by atomic mass is 9.67. The summed E-state index contributed by atoms with van der Waals surface area (Å²) < 4.78 is 20.2. The second-order valence-electron chi connectivity index (χ2n) is 7.23. The zero-order chi connectivity index (χ0) is 25.2. The Labute approximate surface area is 194 Å². The quantitative estimate of drug-likeness (QED) is 0.388. The van der Waals surface area contributed by atoms with Gasteiger partial charge in [-0.1, -0.05) is 18.2 Å². The van der Waals surface area contributed by atoms with E-state index in [1.165, 1.54) is 19.1 Å². The Hall–Kier alpha value is -4.35. The Morgan fingerprint density at radius 2 is 1.74 bits per heavy atom. The van der Waals surface area contributed by atoms with Crippen LogP contribution in [0.5, 0.6) is 0 Å². The van der Waals surface area contributed by atoms with Crippen molar-refractivity contribution in [3.63, 3.8) is 0 Å². The lowest BCUT2D eigenvalue weighted by Gasteiger charge is -2.36. The van der Waals surface area contributed by atoms with Gasteiger partial charge in [-0.05, 0) is 13.0 Å². The molecule has 0 bridgehead atoms. The molecule has 12 nitrogen and oxygen atoms in total. The predicted molar refractivity (Wildman–Crippen MR) is 114 cm³/mol. The Bertz CT molecular complexity index is 1150. The number of nitrogens with zero attached hydrogens (tertiary/aromatic N) is 1. The van der Waals surface area contributed by atoms with E-state index in [0.717, 1.165) is 19.1 Å². The monoisotopic (exact) mass is 473 g/mol. The summed E-state index contributed by atoms with van der Waals surface area (Å²) in [5.74, 6) is -5.58. The molecule has 1 atom stereocenters. The SMILES string of the molecule is CCOC(=O)C1=C(N)OC(CC(=O)OC)=C(C(=O)OC)C12C(=O)N(CC(N)=O)c1ccccc12. The molecule has 1 unspecified atom stereocenters. The first-order valence-corrected chi connectivity index (χ1v) is 10.1. The van der Waals surface area contributed by atoms with Crippen LogP contribution in [0.15, 0.2) is 47.1 Å². The van der Waals surface area contributed by atoms with Gasteiger partial charge in [0, 0.05) is 11.3 Å². The van der Waals surface area contributed by atoms with Crippen LogP contribution in [0.3, 0.4) is 0 Å². The van der Waals surface area contributed by atoms with E-state index in [4.69, 9.17) is 25.7 Å². The van der Waals surface area contributed by atoms with Gasteiger partial charge < -0.3 is 35.3 Å². The standard InChI is InChI=1S/C22H23N3O9/c1-4-33-20(29)17-18(24)34-13(9-15(27)31-2)16(19(28)32-3)22(17)11-7-5-6-8-12(11)25(21(22)30)10-14(23)26/h5-8H,4,9-10,24H2,1-3H3,(H2,23,26). The maximum atomic E-state index is 14.1. The number of primary amides is 1. The summed E-state index contributed by atoms with van der Waals surface area (Å²) in [6.45, 7) is 0.891. The number of carbonyl (C=O) groups is 5. The van der Waals surface area contributed by atoms with E-state index < -0.39 is 65.1 Å². The molecule has 0 saturated heterocycles. The molecule has 2 amide bonds. The molecule has 0 radical (unpaired) electrons. The van der Waals surface area contributed by atoms with Crippen LogP contribution in [0, 0.1) is 0 Å².